The van der Waals surface area contributed by atoms with E-state index < -0.39 is 0 Å². The molecule has 9 aromatic carbocycles. The van der Waals surface area contributed by atoms with Gasteiger partial charge >= 0.3 is 0 Å². The molecule has 4 heteroatoms. The van der Waals surface area contributed by atoms with E-state index in [0.717, 1.165) is 17.1 Å². The van der Waals surface area contributed by atoms with Gasteiger partial charge in [0.05, 0.1) is 26.9 Å². The Balaban J connectivity index is 1.18. The number of rotatable bonds is 7. The number of aromatic nitrogens is 1. The van der Waals surface area contributed by atoms with Crippen LogP contribution in [0, 0.1) is 0 Å². The van der Waals surface area contributed by atoms with E-state index >= 15 is 0 Å². The topological polar surface area (TPSA) is 10.9 Å². The predicted molar refractivity (Wildman–Crippen MR) is 324 cm³/mol. The van der Waals surface area contributed by atoms with Crippen molar-refractivity contribution in [2.24, 2.45) is 0 Å². The number of para-hydroxylation sites is 2. The van der Waals surface area contributed by atoms with Gasteiger partial charge in [0.15, 0.2) is 0 Å². The molecule has 3 aromatic heterocycles. The molecule has 0 saturated heterocycles. The molecule has 0 unspecified atom stereocenters. The molecule has 0 amide bonds. The number of nitrogens with zero attached hydrogens (tertiary/aromatic N) is 3. The maximum atomic E-state index is 2.66. The standard InChI is InChI=1S/C70H67N3S/c1-67(2,3)47-24-20-26-49(42-47)71(58-30-18-16-28-56(58)69(7,8)9)51-34-36-52-46(40-51)32-35-53-54-37-38-60(72(50-27-21-25-48(43-50)68(4,5)6)59-31-19-17-29-57(59)70(10,11)12)62-64(54)73(63(52)53)65-55-41-45(44-22-14-13-15-23-44)33-39-61(55)74-66(62)65/h13-43H,1-12H3. The Morgan fingerprint density at radius 1 is 0.351 bits per heavy atom. The number of fused-ring (bicyclic) bond motifs is 10. The smallest absolute Gasteiger partial charge is 0.0729 e. The summed E-state index contributed by atoms with van der Waals surface area (Å²) < 4.78 is 5.26. The Morgan fingerprint density at radius 2 is 0.892 bits per heavy atom. The molecule has 0 atom stereocenters. The number of hydrogen-bond acceptors (Lipinski definition) is 3. The zero-order valence-corrected chi connectivity index (χ0v) is 46.0. The third-order valence-electron chi connectivity index (χ3n) is 15.4. The molecule has 0 aliphatic rings. The molecule has 3 nitrogen and oxygen atoms in total. The highest BCUT2D eigenvalue weighted by Crippen LogP contribution is 2.54. The van der Waals surface area contributed by atoms with Crippen LogP contribution in [-0.2, 0) is 21.7 Å². The fourth-order valence-electron chi connectivity index (χ4n) is 11.6. The molecule has 0 bridgehead atoms. The Morgan fingerprint density at radius 3 is 1.51 bits per heavy atom. The summed E-state index contributed by atoms with van der Waals surface area (Å²) in [5.74, 6) is 0. The van der Waals surface area contributed by atoms with Crippen molar-refractivity contribution in [1.29, 1.82) is 0 Å². The first-order valence-corrected chi connectivity index (χ1v) is 27.2. The SMILES string of the molecule is CC(C)(C)c1cccc(N(c2ccc3c(ccc4c5ccc(N(c6cccc(C(C)(C)C)c6)c6ccccc6C(C)(C)C)c6c7sc8ccc(-c9ccccc9)cc8c7n(c34)c56)c2)c2ccccc2C(C)(C)C)c1. The molecule has 0 aliphatic carbocycles. The minimum Gasteiger partial charge on any atom is -0.310 e. The highest BCUT2D eigenvalue weighted by Gasteiger charge is 2.31. The van der Waals surface area contributed by atoms with E-state index in [-0.39, 0.29) is 21.7 Å². The molecule has 0 spiro atoms. The molecule has 368 valence electrons. The monoisotopic (exact) mass is 982 g/mol. The van der Waals surface area contributed by atoms with E-state index in [2.05, 4.69) is 285 Å². The highest BCUT2D eigenvalue weighted by atomic mass is 32.1. The molecular formula is C70H67N3S. The highest BCUT2D eigenvalue weighted by molar-refractivity contribution is 7.26. The summed E-state index contributed by atoms with van der Waals surface area (Å²) >= 11 is 1.93. The normalized spacial score (nSPS) is 12.9. The minimum absolute atomic E-state index is 0.00533. The first-order valence-electron chi connectivity index (χ1n) is 26.4. The van der Waals surface area contributed by atoms with Gasteiger partial charge in [-0.15, -0.1) is 11.3 Å². The summed E-state index contributed by atoms with van der Waals surface area (Å²) in [6.07, 6.45) is 0. The van der Waals surface area contributed by atoms with Crippen LogP contribution in [0.4, 0.5) is 34.1 Å². The number of anilines is 6. The van der Waals surface area contributed by atoms with Gasteiger partial charge in [0.25, 0.3) is 0 Å². The van der Waals surface area contributed by atoms with Crippen molar-refractivity contribution < 1.29 is 0 Å². The van der Waals surface area contributed by atoms with Crippen molar-refractivity contribution in [3.05, 3.63) is 210 Å². The Bertz CT molecular complexity index is 4120. The predicted octanol–water partition coefficient (Wildman–Crippen LogP) is 21.0. The van der Waals surface area contributed by atoms with E-state index in [9.17, 15) is 0 Å². The van der Waals surface area contributed by atoms with Crippen LogP contribution in [0.1, 0.15) is 105 Å². The maximum Gasteiger partial charge on any atom is 0.0729 e. The molecule has 0 radical (unpaired) electrons. The van der Waals surface area contributed by atoms with Crippen LogP contribution in [0.5, 0.6) is 0 Å². The van der Waals surface area contributed by atoms with Gasteiger partial charge in [-0.25, -0.2) is 0 Å². The van der Waals surface area contributed by atoms with Crippen molar-refractivity contribution in [3.8, 4) is 11.1 Å². The van der Waals surface area contributed by atoms with Gasteiger partial charge in [0.1, 0.15) is 0 Å². The number of thiophene rings is 1. The van der Waals surface area contributed by atoms with Crippen molar-refractivity contribution in [2.75, 3.05) is 9.80 Å². The largest absolute Gasteiger partial charge is 0.310 e. The quantitative estimate of drug-likeness (QED) is 0.158. The first-order chi connectivity index (χ1) is 35.3. The molecule has 0 fully saturated rings. The first kappa shape index (κ1) is 47.6. The lowest BCUT2D eigenvalue weighted by molar-refractivity contribution is 0.589. The molecular weight excluding hydrogens is 915 g/mol. The second-order valence-corrected chi connectivity index (χ2v) is 25.8. The molecule has 0 saturated carbocycles. The van der Waals surface area contributed by atoms with Gasteiger partial charge < -0.3 is 14.2 Å². The minimum atomic E-state index is -0.107. The lowest BCUT2D eigenvalue weighted by Crippen LogP contribution is -2.20. The molecule has 12 rings (SSSR count). The zero-order valence-electron chi connectivity index (χ0n) is 45.1. The van der Waals surface area contributed by atoms with Gasteiger partial charge in [0.2, 0.25) is 0 Å². The lowest BCUT2D eigenvalue weighted by Gasteiger charge is -2.33. The summed E-state index contributed by atoms with van der Waals surface area (Å²) in [6, 6.07) is 71.2. The zero-order chi connectivity index (χ0) is 51.6. The summed E-state index contributed by atoms with van der Waals surface area (Å²) in [6.45, 7) is 27.8. The lowest BCUT2D eigenvalue weighted by atomic mass is 9.84. The van der Waals surface area contributed by atoms with Crippen LogP contribution >= 0.6 is 11.3 Å². The fraction of sp³-hybridized carbons (Fsp3) is 0.229. The van der Waals surface area contributed by atoms with Crippen LogP contribution in [0.25, 0.3) is 69.4 Å². The van der Waals surface area contributed by atoms with Crippen molar-refractivity contribution in [1.82, 2.24) is 4.40 Å². The third-order valence-corrected chi connectivity index (χ3v) is 16.6. The van der Waals surface area contributed by atoms with E-state index in [1.807, 2.05) is 11.3 Å². The number of hydrogen-bond donors (Lipinski definition) is 0. The van der Waals surface area contributed by atoms with E-state index in [1.165, 1.54) is 109 Å². The van der Waals surface area contributed by atoms with E-state index in [1.54, 1.807) is 0 Å². The van der Waals surface area contributed by atoms with Crippen molar-refractivity contribution in [2.45, 2.75) is 105 Å². The average molecular weight is 982 g/mol. The van der Waals surface area contributed by atoms with Gasteiger partial charge in [0, 0.05) is 60.1 Å². The van der Waals surface area contributed by atoms with Crippen LogP contribution in [0.2, 0.25) is 0 Å². The average Bonchev–Trinajstić information content (AvgIpc) is 4.06. The van der Waals surface area contributed by atoms with Gasteiger partial charge in [-0.05, 0) is 127 Å². The molecule has 3 heterocycles. The van der Waals surface area contributed by atoms with Crippen LogP contribution in [-0.4, -0.2) is 4.40 Å². The van der Waals surface area contributed by atoms with Crippen molar-refractivity contribution in [3.63, 3.8) is 0 Å². The Labute approximate surface area is 441 Å². The molecule has 74 heavy (non-hydrogen) atoms. The van der Waals surface area contributed by atoms with Crippen LogP contribution < -0.4 is 9.80 Å². The molecule has 0 aliphatic heterocycles. The Kier molecular flexibility index (Phi) is 11.0. The second-order valence-electron chi connectivity index (χ2n) is 24.7. The molecule has 0 N–H and O–H groups in total. The Hall–Kier alpha value is -7.40. The summed E-state index contributed by atoms with van der Waals surface area (Å²) in [7, 11) is 0. The fourth-order valence-corrected chi connectivity index (χ4v) is 12.8. The number of benzene rings is 9. The summed E-state index contributed by atoms with van der Waals surface area (Å²) in [4.78, 5) is 5.07. The summed E-state index contributed by atoms with van der Waals surface area (Å²) in [5, 5.41) is 7.55. The van der Waals surface area contributed by atoms with Gasteiger partial charge in [-0.3, -0.25) is 0 Å². The third kappa shape index (κ3) is 7.84. The van der Waals surface area contributed by atoms with E-state index in [0.29, 0.717) is 0 Å². The van der Waals surface area contributed by atoms with Crippen molar-refractivity contribution >= 4 is 104 Å². The van der Waals surface area contributed by atoms with E-state index in [4.69, 9.17) is 0 Å². The van der Waals surface area contributed by atoms with Gasteiger partial charge in [-0.2, -0.15) is 0 Å². The van der Waals surface area contributed by atoms with Gasteiger partial charge in [-0.1, -0.05) is 204 Å². The summed E-state index contributed by atoms with van der Waals surface area (Å²) in [5.41, 5.74) is 18.3. The van der Waals surface area contributed by atoms with Crippen LogP contribution in [0.3, 0.4) is 0 Å². The second kappa shape index (κ2) is 17.1. The molecule has 12 aromatic rings. The van der Waals surface area contributed by atoms with Crippen LogP contribution in [0.15, 0.2) is 188 Å². The maximum absolute atomic E-state index is 2.66.